The Morgan fingerprint density at radius 2 is 0.458 bits per heavy atom. The highest BCUT2D eigenvalue weighted by molar-refractivity contribution is 7.87. The second-order valence-corrected chi connectivity index (χ2v) is 49.0. The minimum atomic E-state index is -3.07. The Morgan fingerprint density at radius 3 is 0.875 bits per heavy atom. The summed E-state index contributed by atoms with van der Waals surface area (Å²) >= 11 is 0. The molecule has 24 aromatic rings. The second-order valence-electron chi connectivity index (χ2n) is 40.9. The van der Waals surface area contributed by atoms with E-state index in [4.69, 9.17) is 0 Å². The summed E-state index contributed by atoms with van der Waals surface area (Å²) in [6.07, 6.45) is 0. The van der Waals surface area contributed by atoms with Gasteiger partial charge in [0, 0.05) is 130 Å². The summed E-state index contributed by atoms with van der Waals surface area (Å²) in [5.41, 5.74) is 40.0. The molecule has 0 fully saturated rings. The predicted molar refractivity (Wildman–Crippen MR) is 607 cm³/mol. The van der Waals surface area contributed by atoms with Gasteiger partial charge in [0.2, 0.25) is 0 Å². The molecule has 0 N–H and O–H groups in total. The lowest BCUT2D eigenvalue weighted by molar-refractivity contribution is 0.592. The van der Waals surface area contributed by atoms with Gasteiger partial charge >= 0.3 is 0 Å². The normalized spacial score (nSPS) is 16.9. The smallest absolute Gasteiger partial charge is 0.172 e. The molecule has 3 aliphatic heterocycles. The molecule has 6 heterocycles. The standard InChI is InChI=1S/3C45H32NOP/c1-45(2)37-19-9-6-16-35(37)42-32(18-12-20-38(42)45)29-23-25-30(26-24-29)46-39-21-10-7-15-33(39)34-27-28-41-43(44(34)46)36-17-8-11-22-40(36)48(41,47)31-13-4-3-5-14-31;1-45(2)38-17-9-6-14-33(38)37-28-30(22-26-39(37)45)29-20-23-31(24-21-29)46-40-18-10-7-15-34(40)35-25-27-42-43(44(35)46)36-16-8-11-19-41(36)48(42,47)32-12-4-3-5-13-32;1-45(2)38-17-9-6-14-33(38)34-25-22-30(28-39(34)45)29-20-23-31(24-21-29)46-40-18-10-7-15-35(40)36-26-27-42-43(44(36)46)37-16-8-11-19-41(37)48(42,47)32-12-4-3-5-13-32/h3*3-28H,1-2H3. The van der Waals surface area contributed by atoms with Crippen molar-refractivity contribution >= 4 is 135 Å². The first-order valence-corrected chi connectivity index (χ1v) is 55.0. The van der Waals surface area contributed by atoms with Crippen molar-refractivity contribution in [3.05, 3.63) is 507 Å². The van der Waals surface area contributed by atoms with E-state index in [1.54, 1.807) is 0 Å². The van der Waals surface area contributed by atoms with Crippen LogP contribution in [0.15, 0.2) is 473 Å². The third kappa shape index (κ3) is 12.1. The van der Waals surface area contributed by atoms with E-state index >= 15 is 13.7 Å². The van der Waals surface area contributed by atoms with Gasteiger partial charge in [-0.1, -0.05) is 430 Å². The van der Waals surface area contributed by atoms with Gasteiger partial charge in [0.25, 0.3) is 0 Å². The van der Waals surface area contributed by atoms with E-state index in [1.807, 2.05) is 109 Å². The molecule has 0 radical (unpaired) electrons. The number of benzene rings is 21. The average molecular weight is 1900 g/mol. The summed E-state index contributed by atoms with van der Waals surface area (Å²) in [4.78, 5) is 0. The number of rotatable bonds is 9. The van der Waals surface area contributed by atoms with Crippen molar-refractivity contribution < 1.29 is 13.7 Å². The van der Waals surface area contributed by atoms with Crippen LogP contribution in [0.5, 0.6) is 0 Å². The monoisotopic (exact) mass is 1900 g/mol. The molecule has 684 valence electrons. The first-order chi connectivity index (χ1) is 70.4. The Hall–Kier alpha value is -16.3. The van der Waals surface area contributed by atoms with Gasteiger partial charge in [-0.05, 0) is 202 Å². The van der Waals surface area contributed by atoms with Crippen molar-refractivity contribution in [2.45, 2.75) is 57.8 Å². The topological polar surface area (TPSA) is 66.0 Å². The summed E-state index contributed by atoms with van der Waals surface area (Å²) in [5.74, 6) is 0. The summed E-state index contributed by atoms with van der Waals surface area (Å²) in [5, 5.41) is 15.3. The summed E-state index contributed by atoms with van der Waals surface area (Å²) in [6.45, 7) is 14.0. The van der Waals surface area contributed by atoms with Crippen LogP contribution in [0.1, 0.15) is 74.9 Å². The van der Waals surface area contributed by atoms with E-state index in [2.05, 4.69) is 419 Å². The zero-order valence-corrected chi connectivity index (χ0v) is 83.1. The van der Waals surface area contributed by atoms with Gasteiger partial charge in [-0.2, -0.15) is 0 Å². The van der Waals surface area contributed by atoms with Crippen molar-refractivity contribution in [3.8, 4) is 117 Å². The number of fused-ring (bicyclic) bond motifs is 30. The number of para-hydroxylation sites is 3. The van der Waals surface area contributed by atoms with Crippen LogP contribution < -0.4 is 47.7 Å². The van der Waals surface area contributed by atoms with Gasteiger partial charge in [0.15, 0.2) is 21.4 Å². The lowest BCUT2D eigenvalue weighted by Gasteiger charge is -2.22. The van der Waals surface area contributed by atoms with Crippen LogP contribution in [0.2, 0.25) is 0 Å². The zero-order chi connectivity index (χ0) is 96.6. The predicted octanol–water partition coefficient (Wildman–Crippen LogP) is 31.1. The summed E-state index contributed by atoms with van der Waals surface area (Å²) < 4.78 is 53.2. The van der Waals surface area contributed by atoms with Crippen molar-refractivity contribution in [2.24, 2.45) is 0 Å². The fraction of sp³-hybridized carbons (Fsp3) is 0.0667. The maximum absolute atomic E-state index is 15.4. The highest BCUT2D eigenvalue weighted by Crippen LogP contribution is 2.61. The molecule has 0 saturated carbocycles. The molecule has 21 aromatic carbocycles. The summed E-state index contributed by atoms with van der Waals surface area (Å²) in [7, 11) is -9.19. The van der Waals surface area contributed by atoms with Crippen LogP contribution >= 0.6 is 21.4 Å². The maximum atomic E-state index is 15.4. The van der Waals surface area contributed by atoms with E-state index in [9.17, 15) is 0 Å². The molecule has 144 heavy (non-hydrogen) atoms. The lowest BCUT2D eigenvalue weighted by atomic mass is 9.81. The van der Waals surface area contributed by atoms with E-state index in [-0.39, 0.29) is 16.2 Å². The molecule has 3 aliphatic carbocycles. The highest BCUT2D eigenvalue weighted by atomic mass is 31.2. The molecular formula is C135H96N3O3P3. The Balaban J connectivity index is 0.000000105. The fourth-order valence-corrected chi connectivity index (χ4v) is 34.9. The molecule has 0 amide bonds. The fourth-order valence-electron chi connectivity index (χ4n) is 25.7. The van der Waals surface area contributed by atoms with Crippen LogP contribution in [-0.2, 0) is 29.9 Å². The summed E-state index contributed by atoms with van der Waals surface area (Å²) in [6, 6.07) is 168. The van der Waals surface area contributed by atoms with Crippen LogP contribution in [-0.4, -0.2) is 13.7 Å². The minimum absolute atomic E-state index is 0.00575. The van der Waals surface area contributed by atoms with Crippen molar-refractivity contribution in [1.29, 1.82) is 0 Å². The molecule has 0 spiro atoms. The van der Waals surface area contributed by atoms with Gasteiger partial charge in [-0.15, -0.1) is 0 Å². The van der Waals surface area contributed by atoms with Gasteiger partial charge < -0.3 is 27.4 Å². The number of hydrogen-bond donors (Lipinski definition) is 0. The third-order valence-corrected chi connectivity index (χ3v) is 41.9. The largest absolute Gasteiger partial charge is 0.309 e. The molecular weight excluding hydrogens is 1800 g/mol. The quantitative estimate of drug-likeness (QED) is 0.135. The van der Waals surface area contributed by atoms with Crippen LogP contribution in [0.4, 0.5) is 0 Å². The number of nitrogens with zero attached hydrogens (tertiary/aromatic N) is 3. The molecule has 9 heteroatoms. The molecule has 0 saturated heterocycles. The molecule has 3 aromatic heterocycles. The maximum Gasteiger partial charge on any atom is 0.172 e. The highest BCUT2D eigenvalue weighted by Gasteiger charge is 2.47. The Bertz CT molecular complexity index is 9750. The molecule has 30 rings (SSSR count). The Labute approximate surface area is 837 Å². The van der Waals surface area contributed by atoms with Crippen molar-refractivity contribution in [2.75, 3.05) is 0 Å². The lowest BCUT2D eigenvalue weighted by Crippen LogP contribution is -2.20. The van der Waals surface area contributed by atoms with Crippen LogP contribution in [0, 0.1) is 0 Å². The van der Waals surface area contributed by atoms with E-state index in [0.717, 1.165) is 131 Å². The molecule has 6 aliphatic rings. The van der Waals surface area contributed by atoms with Crippen LogP contribution in [0.25, 0.3) is 183 Å². The van der Waals surface area contributed by atoms with Crippen molar-refractivity contribution in [1.82, 2.24) is 13.7 Å². The van der Waals surface area contributed by atoms with Crippen LogP contribution in [0.3, 0.4) is 0 Å². The van der Waals surface area contributed by atoms with Gasteiger partial charge in [-0.25, -0.2) is 0 Å². The molecule has 6 nitrogen and oxygen atoms in total. The van der Waals surface area contributed by atoms with Gasteiger partial charge in [-0.3, -0.25) is 0 Å². The third-order valence-electron chi connectivity index (χ3n) is 32.5. The van der Waals surface area contributed by atoms with Gasteiger partial charge in [0.1, 0.15) is 0 Å². The second kappa shape index (κ2) is 31.9. The molecule has 0 bridgehead atoms. The molecule has 3 unspecified atom stereocenters. The first-order valence-electron chi connectivity index (χ1n) is 49.9. The SMILES string of the molecule is CC1(C)c2ccccc2-c2c(-c3ccc(-n4c5ccccc5c5ccc6c(c54)-c4ccccc4P6(=O)c4ccccc4)cc3)cccc21.CC1(C)c2ccccc2-c2cc(-c3ccc(-n4c5ccccc5c5ccc6c(c54)-c4ccccc4P6(=O)c4ccccc4)cc3)ccc21.CC1(C)c2ccccc2-c2ccc(-c3ccc(-n4c5ccccc5c5ccc6c(c54)-c4ccccc4P6(=O)c4ccccc4)cc3)cc21. The van der Waals surface area contributed by atoms with E-state index < -0.39 is 21.4 Å². The van der Waals surface area contributed by atoms with E-state index in [0.29, 0.717) is 0 Å². The minimum Gasteiger partial charge on any atom is -0.309 e. The first kappa shape index (κ1) is 85.7. The van der Waals surface area contributed by atoms with Gasteiger partial charge in [0.05, 0.1) is 33.1 Å². The average Bonchev–Trinajstić information content (AvgIpc) is 1.77. The van der Waals surface area contributed by atoms with Crippen molar-refractivity contribution in [3.63, 3.8) is 0 Å². The van der Waals surface area contributed by atoms with E-state index in [1.165, 1.54) is 132 Å². The number of hydrogen-bond acceptors (Lipinski definition) is 3. The number of aromatic nitrogens is 3. The molecule has 3 atom stereocenters. The Morgan fingerprint density at radius 1 is 0.174 bits per heavy atom. The zero-order valence-electron chi connectivity index (χ0n) is 80.4. The Kier molecular flexibility index (Phi) is 19.0.